The Labute approximate surface area is 245 Å². The van der Waals surface area contributed by atoms with Crippen molar-refractivity contribution in [1.82, 2.24) is 0 Å². The van der Waals surface area contributed by atoms with E-state index in [0.29, 0.717) is 15.6 Å². The van der Waals surface area contributed by atoms with Gasteiger partial charge in [-0.25, -0.2) is 0 Å². The van der Waals surface area contributed by atoms with E-state index in [4.69, 9.17) is 0 Å². The zero-order valence-electron chi connectivity index (χ0n) is 24.7. The Bertz CT molecular complexity index is 954. The Hall–Kier alpha value is -2.15. The summed E-state index contributed by atoms with van der Waals surface area (Å²) in [5.74, 6) is 0.771. The maximum absolute atomic E-state index is 9.95. The average Bonchev–Trinajstić information content (AvgIpc) is 2.83. The van der Waals surface area contributed by atoms with Gasteiger partial charge in [0.1, 0.15) is 23.0 Å². The van der Waals surface area contributed by atoms with E-state index in [2.05, 4.69) is 40.7 Å². The van der Waals surface area contributed by atoms with Crippen molar-refractivity contribution in [2.75, 3.05) is 0 Å². The standard InChI is InChI=1S/C16H24O2.C11H15IO2.C6H12/c1-4-5-6-7-13-10-15(17)14(16(18)11-13)9-8-12(2)3;1-2-3-4-5-8-6-9(13)11(12)10(14)7-8;1-4-5-6(2)3/h8,10-11,17-18H,4-7,9H2,1-3H3;6-7,13-14H,2-5H2,1H3;5H,4H2,1-3H3. The normalized spacial score (nSPS) is 10.0. The second-order valence-electron chi connectivity index (χ2n) is 10.2. The molecule has 0 heterocycles. The lowest BCUT2D eigenvalue weighted by atomic mass is 10.0. The van der Waals surface area contributed by atoms with Crippen LogP contribution in [0.5, 0.6) is 23.0 Å². The molecular formula is C33H51IO4. The van der Waals surface area contributed by atoms with E-state index in [9.17, 15) is 20.4 Å². The van der Waals surface area contributed by atoms with Gasteiger partial charge in [-0.1, -0.05) is 69.8 Å². The molecule has 0 atom stereocenters. The molecule has 0 aliphatic rings. The summed E-state index contributed by atoms with van der Waals surface area (Å²) in [6, 6.07) is 7.03. The molecular weight excluding hydrogens is 587 g/mol. The van der Waals surface area contributed by atoms with Crippen LogP contribution in [-0.4, -0.2) is 20.4 Å². The van der Waals surface area contributed by atoms with E-state index in [0.717, 1.165) is 36.8 Å². The van der Waals surface area contributed by atoms with Crippen LogP contribution in [0.1, 0.15) is 110 Å². The highest BCUT2D eigenvalue weighted by Crippen LogP contribution is 2.31. The van der Waals surface area contributed by atoms with Gasteiger partial charge in [0.15, 0.2) is 0 Å². The summed E-state index contributed by atoms with van der Waals surface area (Å²) in [7, 11) is 0. The van der Waals surface area contributed by atoms with E-state index < -0.39 is 0 Å². The summed E-state index contributed by atoms with van der Waals surface area (Å²) in [4.78, 5) is 0. The molecule has 2 aromatic rings. The van der Waals surface area contributed by atoms with Gasteiger partial charge in [0.05, 0.1) is 3.57 Å². The average molecular weight is 639 g/mol. The van der Waals surface area contributed by atoms with Crippen molar-refractivity contribution in [3.8, 4) is 23.0 Å². The molecule has 0 saturated carbocycles. The lowest BCUT2D eigenvalue weighted by molar-refractivity contribution is 0.439. The van der Waals surface area contributed by atoms with Gasteiger partial charge in [-0.2, -0.15) is 0 Å². The van der Waals surface area contributed by atoms with Crippen LogP contribution < -0.4 is 0 Å². The highest BCUT2D eigenvalue weighted by Gasteiger charge is 2.09. The van der Waals surface area contributed by atoms with Gasteiger partial charge >= 0.3 is 0 Å². The quantitative estimate of drug-likeness (QED) is 0.112. The van der Waals surface area contributed by atoms with Crippen LogP contribution in [-0.2, 0) is 19.3 Å². The Balaban J connectivity index is 0.000000607. The fraction of sp³-hybridized carbons (Fsp3) is 0.515. The summed E-state index contributed by atoms with van der Waals surface area (Å²) < 4.78 is 0.529. The minimum absolute atomic E-state index is 0.178. The molecule has 0 aliphatic carbocycles. The van der Waals surface area contributed by atoms with Gasteiger partial charge in [-0.15, -0.1) is 0 Å². The van der Waals surface area contributed by atoms with Crippen LogP contribution in [0.3, 0.4) is 0 Å². The van der Waals surface area contributed by atoms with Crippen LogP contribution in [0.15, 0.2) is 47.6 Å². The van der Waals surface area contributed by atoms with E-state index in [1.54, 1.807) is 24.3 Å². The maximum atomic E-state index is 9.95. The van der Waals surface area contributed by atoms with Crippen LogP contribution in [0.2, 0.25) is 0 Å². The van der Waals surface area contributed by atoms with Crippen molar-refractivity contribution in [2.24, 2.45) is 0 Å². The third-order valence-corrected chi connectivity index (χ3v) is 6.93. The van der Waals surface area contributed by atoms with Crippen LogP contribution in [0.25, 0.3) is 0 Å². The second kappa shape index (κ2) is 20.8. The fourth-order valence-corrected chi connectivity index (χ4v) is 4.03. The van der Waals surface area contributed by atoms with Crippen LogP contribution in [0.4, 0.5) is 0 Å². The number of aryl methyl sites for hydroxylation is 2. The molecule has 2 rings (SSSR count). The number of phenols is 4. The van der Waals surface area contributed by atoms with Crippen molar-refractivity contribution in [3.63, 3.8) is 0 Å². The Morgan fingerprint density at radius 3 is 1.34 bits per heavy atom. The van der Waals surface area contributed by atoms with Gasteiger partial charge in [0.2, 0.25) is 0 Å². The zero-order chi connectivity index (χ0) is 29.1. The Kier molecular flexibility index (Phi) is 19.6. The second-order valence-corrected chi connectivity index (χ2v) is 11.2. The number of rotatable bonds is 11. The monoisotopic (exact) mass is 638 g/mol. The molecule has 38 heavy (non-hydrogen) atoms. The molecule has 4 nitrogen and oxygen atoms in total. The maximum Gasteiger partial charge on any atom is 0.132 e. The van der Waals surface area contributed by atoms with E-state index >= 15 is 0 Å². The predicted molar refractivity (Wildman–Crippen MR) is 172 cm³/mol. The van der Waals surface area contributed by atoms with Crippen molar-refractivity contribution >= 4 is 22.6 Å². The minimum atomic E-state index is 0.178. The van der Waals surface area contributed by atoms with Crippen molar-refractivity contribution < 1.29 is 20.4 Å². The van der Waals surface area contributed by atoms with Crippen LogP contribution in [0, 0.1) is 3.57 Å². The highest BCUT2D eigenvalue weighted by atomic mass is 127. The molecule has 0 aliphatic heterocycles. The van der Waals surface area contributed by atoms with Gasteiger partial charge in [0.25, 0.3) is 0 Å². The molecule has 0 bridgehead atoms. The molecule has 0 saturated heterocycles. The number of phenolic OH excluding ortho intramolecular Hbond substituents is 4. The fourth-order valence-electron chi connectivity index (χ4n) is 3.72. The SMILES string of the molecule is CCC=C(C)C.CCCCCc1cc(O)c(CC=C(C)C)c(O)c1.CCCCCc1cc(O)c(I)c(O)c1. The summed E-state index contributed by atoms with van der Waals surface area (Å²) in [6.45, 7) is 14.7. The first-order valence-electron chi connectivity index (χ1n) is 14.0. The number of unbranched alkanes of at least 4 members (excludes halogenated alkanes) is 4. The van der Waals surface area contributed by atoms with Crippen molar-refractivity contribution in [1.29, 1.82) is 0 Å². The molecule has 5 heteroatoms. The van der Waals surface area contributed by atoms with E-state index in [1.807, 2.05) is 42.5 Å². The number of aromatic hydroxyl groups is 4. The highest BCUT2D eigenvalue weighted by molar-refractivity contribution is 14.1. The third kappa shape index (κ3) is 16.0. The topological polar surface area (TPSA) is 80.9 Å². The molecule has 0 spiro atoms. The molecule has 214 valence electrons. The summed E-state index contributed by atoms with van der Waals surface area (Å²) >= 11 is 1.93. The Morgan fingerprint density at radius 1 is 0.632 bits per heavy atom. The number of benzene rings is 2. The predicted octanol–water partition coefficient (Wildman–Crippen LogP) is 10.1. The van der Waals surface area contributed by atoms with E-state index in [-0.39, 0.29) is 23.0 Å². The third-order valence-electron chi connectivity index (χ3n) is 5.82. The van der Waals surface area contributed by atoms with Crippen molar-refractivity contribution in [2.45, 2.75) is 113 Å². The zero-order valence-corrected chi connectivity index (χ0v) is 26.9. The molecule has 0 amide bonds. The molecule has 0 fully saturated rings. The summed E-state index contributed by atoms with van der Waals surface area (Å²) in [5, 5.41) is 38.8. The molecule has 0 unspecified atom stereocenters. The molecule has 0 radical (unpaired) electrons. The first-order valence-corrected chi connectivity index (χ1v) is 15.0. The van der Waals surface area contributed by atoms with Gasteiger partial charge in [-0.3, -0.25) is 0 Å². The van der Waals surface area contributed by atoms with E-state index in [1.165, 1.54) is 43.3 Å². The molecule has 0 aromatic heterocycles. The summed E-state index contributed by atoms with van der Waals surface area (Å²) in [6.07, 6.45) is 14.7. The van der Waals surface area contributed by atoms with Gasteiger partial charge < -0.3 is 20.4 Å². The number of allylic oxidation sites excluding steroid dienone is 4. The smallest absolute Gasteiger partial charge is 0.132 e. The first-order chi connectivity index (χ1) is 18.0. The lowest BCUT2D eigenvalue weighted by Gasteiger charge is -2.09. The molecule has 2 aromatic carbocycles. The Morgan fingerprint density at radius 2 is 1.03 bits per heavy atom. The number of halogens is 1. The van der Waals surface area contributed by atoms with Crippen molar-refractivity contribution in [3.05, 3.63) is 67.8 Å². The number of hydrogen-bond acceptors (Lipinski definition) is 4. The van der Waals surface area contributed by atoms with Gasteiger partial charge in [0, 0.05) is 5.56 Å². The minimum Gasteiger partial charge on any atom is -0.508 e. The summed E-state index contributed by atoms with van der Waals surface area (Å²) in [5.41, 5.74) is 5.24. The van der Waals surface area contributed by atoms with Gasteiger partial charge in [-0.05, 0) is 124 Å². The molecule has 4 N–H and O–H groups in total. The first kappa shape index (κ1) is 35.9. The van der Waals surface area contributed by atoms with Crippen LogP contribution >= 0.6 is 22.6 Å². The largest absolute Gasteiger partial charge is 0.508 e. The lowest BCUT2D eigenvalue weighted by Crippen LogP contribution is -1.90. The number of hydrogen-bond donors (Lipinski definition) is 4.